The van der Waals surface area contributed by atoms with Gasteiger partial charge in [-0.05, 0) is 31.8 Å². The number of aliphatic hydroxyl groups excluding tert-OH is 1. The van der Waals surface area contributed by atoms with E-state index in [-0.39, 0.29) is 0 Å². The van der Waals surface area contributed by atoms with Gasteiger partial charge in [-0.15, -0.1) is 0 Å². The summed E-state index contributed by atoms with van der Waals surface area (Å²) in [7, 11) is 0. The van der Waals surface area contributed by atoms with Crippen molar-refractivity contribution in [2.75, 3.05) is 19.7 Å². The molecular weight excluding hydrogens is 202 g/mol. The maximum absolute atomic E-state index is 8.86. The van der Waals surface area contributed by atoms with Crippen molar-refractivity contribution in [1.82, 2.24) is 14.9 Å². The molecule has 1 heterocycles. The van der Waals surface area contributed by atoms with Crippen LogP contribution in [0.15, 0.2) is 18.7 Å². The van der Waals surface area contributed by atoms with Crippen molar-refractivity contribution in [2.24, 2.45) is 5.92 Å². The van der Waals surface area contributed by atoms with Crippen LogP contribution < -0.4 is 5.32 Å². The van der Waals surface area contributed by atoms with E-state index < -0.39 is 0 Å². The molecule has 2 N–H and O–H groups in total. The molecule has 0 aliphatic carbocycles. The van der Waals surface area contributed by atoms with Gasteiger partial charge in [-0.25, -0.2) is 4.98 Å². The second kappa shape index (κ2) is 8.30. The molecular formula is C12H23N3O. The minimum atomic E-state index is 0.301. The summed E-state index contributed by atoms with van der Waals surface area (Å²) in [5.74, 6) is 0.609. The molecule has 0 aromatic carbocycles. The van der Waals surface area contributed by atoms with Crippen LogP contribution in [0, 0.1) is 5.92 Å². The van der Waals surface area contributed by atoms with Gasteiger partial charge in [0.25, 0.3) is 0 Å². The van der Waals surface area contributed by atoms with E-state index in [4.69, 9.17) is 5.11 Å². The molecule has 0 aliphatic heterocycles. The number of aryl methyl sites for hydroxylation is 1. The minimum Gasteiger partial charge on any atom is -0.396 e. The molecule has 0 radical (unpaired) electrons. The Balaban J connectivity index is 1.98. The van der Waals surface area contributed by atoms with Crippen LogP contribution in [0.5, 0.6) is 0 Å². The van der Waals surface area contributed by atoms with Gasteiger partial charge in [0, 0.05) is 25.5 Å². The Hall–Kier alpha value is -0.870. The van der Waals surface area contributed by atoms with E-state index in [0.29, 0.717) is 12.5 Å². The first kappa shape index (κ1) is 13.2. The number of aliphatic hydroxyl groups is 1. The van der Waals surface area contributed by atoms with E-state index in [1.807, 2.05) is 18.7 Å². The highest BCUT2D eigenvalue weighted by molar-refractivity contribution is 4.73. The number of rotatable bonds is 9. The molecule has 1 aromatic rings. The molecule has 0 saturated carbocycles. The second-order valence-corrected chi connectivity index (χ2v) is 4.14. The Morgan fingerprint density at radius 3 is 3.00 bits per heavy atom. The zero-order valence-electron chi connectivity index (χ0n) is 10.1. The Labute approximate surface area is 97.7 Å². The molecule has 1 atom stereocenters. The average Bonchev–Trinajstić information content (AvgIpc) is 2.80. The normalized spacial score (nSPS) is 12.9. The van der Waals surface area contributed by atoms with Gasteiger partial charge in [-0.2, -0.15) is 0 Å². The predicted molar refractivity (Wildman–Crippen MR) is 65.2 cm³/mol. The fourth-order valence-corrected chi connectivity index (χ4v) is 1.74. The molecule has 0 bridgehead atoms. The molecule has 1 aromatic heterocycles. The Morgan fingerprint density at radius 1 is 1.50 bits per heavy atom. The van der Waals surface area contributed by atoms with Crippen molar-refractivity contribution in [3.8, 4) is 0 Å². The molecule has 0 amide bonds. The van der Waals surface area contributed by atoms with Crippen LogP contribution in [0.25, 0.3) is 0 Å². The summed E-state index contributed by atoms with van der Waals surface area (Å²) in [5, 5.41) is 12.3. The lowest BCUT2D eigenvalue weighted by Crippen LogP contribution is -2.24. The Bertz CT molecular complexity index is 249. The molecule has 1 rings (SSSR count). The van der Waals surface area contributed by atoms with E-state index in [1.54, 1.807) is 0 Å². The van der Waals surface area contributed by atoms with Gasteiger partial charge in [-0.3, -0.25) is 0 Å². The highest BCUT2D eigenvalue weighted by Gasteiger charge is 2.03. The fraction of sp³-hybridized carbons (Fsp3) is 0.750. The predicted octanol–water partition coefficient (Wildman–Crippen LogP) is 1.27. The number of hydrogen-bond donors (Lipinski definition) is 2. The maximum atomic E-state index is 8.86. The van der Waals surface area contributed by atoms with Gasteiger partial charge in [-0.1, -0.05) is 13.3 Å². The highest BCUT2D eigenvalue weighted by Crippen LogP contribution is 2.05. The SMILES string of the molecule is CCC(CCO)CNCCCn1ccnc1. The first-order valence-electron chi connectivity index (χ1n) is 6.14. The van der Waals surface area contributed by atoms with E-state index >= 15 is 0 Å². The molecule has 0 saturated heterocycles. The fourth-order valence-electron chi connectivity index (χ4n) is 1.74. The number of nitrogens with zero attached hydrogens (tertiary/aromatic N) is 2. The molecule has 4 heteroatoms. The maximum Gasteiger partial charge on any atom is 0.0945 e. The van der Waals surface area contributed by atoms with Gasteiger partial charge in [0.05, 0.1) is 6.33 Å². The van der Waals surface area contributed by atoms with Gasteiger partial charge in [0.15, 0.2) is 0 Å². The zero-order valence-corrected chi connectivity index (χ0v) is 10.1. The van der Waals surface area contributed by atoms with Crippen LogP contribution in [-0.2, 0) is 6.54 Å². The molecule has 92 valence electrons. The molecule has 0 fully saturated rings. The van der Waals surface area contributed by atoms with Gasteiger partial charge >= 0.3 is 0 Å². The molecule has 1 unspecified atom stereocenters. The van der Waals surface area contributed by atoms with Crippen LogP contribution in [0.1, 0.15) is 26.2 Å². The largest absolute Gasteiger partial charge is 0.396 e. The summed E-state index contributed by atoms with van der Waals surface area (Å²) >= 11 is 0. The molecule has 16 heavy (non-hydrogen) atoms. The van der Waals surface area contributed by atoms with Crippen LogP contribution in [-0.4, -0.2) is 34.4 Å². The number of nitrogens with one attached hydrogen (secondary N) is 1. The molecule has 0 aliphatic rings. The van der Waals surface area contributed by atoms with Gasteiger partial charge < -0.3 is 15.0 Å². The van der Waals surface area contributed by atoms with Crippen molar-refractivity contribution in [3.63, 3.8) is 0 Å². The number of hydrogen-bond acceptors (Lipinski definition) is 3. The summed E-state index contributed by atoms with van der Waals surface area (Å²) in [6.45, 7) is 5.54. The monoisotopic (exact) mass is 225 g/mol. The third kappa shape index (κ3) is 5.28. The first-order valence-corrected chi connectivity index (χ1v) is 6.14. The Morgan fingerprint density at radius 2 is 2.38 bits per heavy atom. The summed E-state index contributed by atoms with van der Waals surface area (Å²) < 4.78 is 2.09. The van der Waals surface area contributed by atoms with Crippen LogP contribution in [0.2, 0.25) is 0 Å². The van der Waals surface area contributed by atoms with Crippen LogP contribution in [0.4, 0.5) is 0 Å². The standard InChI is InChI=1S/C12H23N3O/c1-2-12(4-9-16)10-13-5-3-7-15-8-6-14-11-15/h6,8,11-13,16H,2-5,7,9-10H2,1H3. The van der Waals surface area contributed by atoms with Crippen molar-refractivity contribution in [2.45, 2.75) is 32.7 Å². The van der Waals surface area contributed by atoms with E-state index in [2.05, 4.69) is 21.8 Å². The van der Waals surface area contributed by atoms with Crippen molar-refractivity contribution in [3.05, 3.63) is 18.7 Å². The molecule has 4 nitrogen and oxygen atoms in total. The van der Waals surface area contributed by atoms with E-state index in [0.717, 1.165) is 38.9 Å². The highest BCUT2D eigenvalue weighted by atomic mass is 16.3. The van der Waals surface area contributed by atoms with E-state index in [9.17, 15) is 0 Å². The van der Waals surface area contributed by atoms with E-state index in [1.165, 1.54) is 0 Å². The van der Waals surface area contributed by atoms with Gasteiger partial charge in [0.2, 0.25) is 0 Å². The topological polar surface area (TPSA) is 50.1 Å². The summed E-state index contributed by atoms with van der Waals surface area (Å²) in [4.78, 5) is 4.00. The smallest absolute Gasteiger partial charge is 0.0945 e. The summed E-state index contributed by atoms with van der Waals surface area (Å²) in [5.41, 5.74) is 0. The zero-order chi connectivity index (χ0) is 11.6. The number of imidazole rings is 1. The van der Waals surface area contributed by atoms with Crippen molar-refractivity contribution < 1.29 is 5.11 Å². The van der Waals surface area contributed by atoms with Crippen molar-refractivity contribution >= 4 is 0 Å². The quantitative estimate of drug-likeness (QED) is 0.622. The average molecular weight is 225 g/mol. The third-order valence-electron chi connectivity index (χ3n) is 2.88. The summed E-state index contributed by atoms with van der Waals surface area (Å²) in [6, 6.07) is 0. The van der Waals surface area contributed by atoms with Gasteiger partial charge in [0.1, 0.15) is 0 Å². The van der Waals surface area contributed by atoms with Crippen LogP contribution in [0.3, 0.4) is 0 Å². The Kier molecular flexibility index (Phi) is 6.85. The minimum absolute atomic E-state index is 0.301. The molecule has 0 spiro atoms. The number of aromatic nitrogens is 2. The lowest BCUT2D eigenvalue weighted by Gasteiger charge is -2.14. The summed E-state index contributed by atoms with van der Waals surface area (Å²) in [6.07, 6.45) is 8.80. The van der Waals surface area contributed by atoms with Crippen LogP contribution >= 0.6 is 0 Å². The lowest BCUT2D eigenvalue weighted by atomic mass is 10.0. The third-order valence-corrected chi connectivity index (χ3v) is 2.88. The second-order valence-electron chi connectivity index (χ2n) is 4.14. The first-order chi connectivity index (χ1) is 7.86. The van der Waals surface area contributed by atoms with Crippen molar-refractivity contribution in [1.29, 1.82) is 0 Å². The lowest BCUT2D eigenvalue weighted by molar-refractivity contribution is 0.251.